The lowest BCUT2D eigenvalue weighted by Gasteiger charge is -2.38. The molecule has 0 radical (unpaired) electrons. The Morgan fingerprint density at radius 1 is 1.31 bits per heavy atom. The highest BCUT2D eigenvalue weighted by Gasteiger charge is 2.30. The maximum atomic E-state index is 3.49. The van der Waals surface area contributed by atoms with E-state index in [2.05, 4.69) is 44.9 Å². The Morgan fingerprint density at radius 2 is 1.92 bits per heavy atom. The topological polar surface area (TPSA) is 12.0 Å². The predicted molar refractivity (Wildman–Crippen MR) is 57.5 cm³/mol. The quantitative estimate of drug-likeness (QED) is 0.642. The van der Waals surface area contributed by atoms with Gasteiger partial charge in [-0.15, -0.1) is 0 Å². The first-order chi connectivity index (χ1) is 5.91. The molecular weight excluding hydrogens is 158 g/mol. The number of hydrogen-bond acceptors (Lipinski definition) is 1. The fourth-order valence-corrected chi connectivity index (χ4v) is 1.45. The van der Waals surface area contributed by atoms with E-state index in [9.17, 15) is 0 Å². The molecule has 0 amide bonds. The standard InChI is InChI=1S/C12H21N/c1-11(2,3)7-6-10-13-12(4)8-5-9-12/h13H,5,8-10H2,1-4H3. The molecule has 0 atom stereocenters. The predicted octanol–water partition coefficient (Wildman–Crippen LogP) is 2.57. The van der Waals surface area contributed by atoms with Crippen LogP contribution in [0, 0.1) is 17.3 Å². The van der Waals surface area contributed by atoms with E-state index in [1.165, 1.54) is 19.3 Å². The van der Waals surface area contributed by atoms with Crippen molar-refractivity contribution < 1.29 is 0 Å². The summed E-state index contributed by atoms with van der Waals surface area (Å²) < 4.78 is 0. The van der Waals surface area contributed by atoms with E-state index in [4.69, 9.17) is 0 Å². The highest BCUT2D eigenvalue weighted by atomic mass is 15.0. The summed E-state index contributed by atoms with van der Waals surface area (Å²) in [4.78, 5) is 0. The lowest BCUT2D eigenvalue weighted by Crippen LogP contribution is -2.48. The smallest absolute Gasteiger partial charge is 0.0580 e. The third-order valence-electron chi connectivity index (χ3n) is 2.52. The van der Waals surface area contributed by atoms with Crippen molar-refractivity contribution in [1.82, 2.24) is 5.32 Å². The average Bonchev–Trinajstić information content (AvgIpc) is 1.93. The van der Waals surface area contributed by atoms with Crippen LogP contribution in [0.25, 0.3) is 0 Å². The van der Waals surface area contributed by atoms with Gasteiger partial charge in [0.1, 0.15) is 0 Å². The number of rotatable bonds is 2. The molecule has 0 saturated heterocycles. The van der Waals surface area contributed by atoms with E-state index in [1.54, 1.807) is 0 Å². The zero-order chi connectivity index (χ0) is 9.95. The fourth-order valence-electron chi connectivity index (χ4n) is 1.45. The zero-order valence-corrected chi connectivity index (χ0v) is 9.33. The molecule has 0 aromatic rings. The second kappa shape index (κ2) is 3.72. The fraction of sp³-hybridized carbons (Fsp3) is 0.833. The first-order valence-electron chi connectivity index (χ1n) is 5.16. The van der Waals surface area contributed by atoms with Crippen LogP contribution in [0.5, 0.6) is 0 Å². The van der Waals surface area contributed by atoms with Gasteiger partial charge in [-0.05, 0) is 47.0 Å². The van der Waals surface area contributed by atoms with Crippen molar-refractivity contribution in [2.45, 2.75) is 52.5 Å². The molecule has 1 aliphatic carbocycles. The number of nitrogens with one attached hydrogen (secondary N) is 1. The summed E-state index contributed by atoms with van der Waals surface area (Å²) in [6.07, 6.45) is 3.99. The van der Waals surface area contributed by atoms with Crippen LogP contribution < -0.4 is 5.32 Å². The van der Waals surface area contributed by atoms with Gasteiger partial charge in [0.25, 0.3) is 0 Å². The molecular formula is C12H21N. The monoisotopic (exact) mass is 179 g/mol. The minimum Gasteiger partial charge on any atom is -0.301 e. The summed E-state index contributed by atoms with van der Waals surface area (Å²) >= 11 is 0. The summed E-state index contributed by atoms with van der Waals surface area (Å²) in [5.41, 5.74) is 0.536. The van der Waals surface area contributed by atoms with Crippen molar-refractivity contribution >= 4 is 0 Å². The third kappa shape index (κ3) is 3.83. The molecule has 1 nitrogen and oxygen atoms in total. The molecule has 13 heavy (non-hydrogen) atoms. The van der Waals surface area contributed by atoms with E-state index in [-0.39, 0.29) is 5.41 Å². The minimum atomic E-state index is 0.141. The molecule has 1 N–H and O–H groups in total. The van der Waals surface area contributed by atoms with Gasteiger partial charge >= 0.3 is 0 Å². The maximum absolute atomic E-state index is 3.49. The van der Waals surface area contributed by atoms with Gasteiger partial charge in [0, 0.05) is 11.0 Å². The van der Waals surface area contributed by atoms with Crippen molar-refractivity contribution in [3.8, 4) is 11.8 Å². The largest absolute Gasteiger partial charge is 0.301 e. The van der Waals surface area contributed by atoms with E-state index in [0.717, 1.165) is 6.54 Å². The van der Waals surface area contributed by atoms with Gasteiger partial charge in [-0.3, -0.25) is 0 Å². The summed E-state index contributed by atoms with van der Waals surface area (Å²) in [5, 5.41) is 3.49. The Morgan fingerprint density at radius 3 is 2.31 bits per heavy atom. The molecule has 74 valence electrons. The molecule has 1 heteroatoms. The Kier molecular flexibility index (Phi) is 3.03. The third-order valence-corrected chi connectivity index (χ3v) is 2.52. The van der Waals surface area contributed by atoms with Crippen molar-refractivity contribution in [3.63, 3.8) is 0 Å². The van der Waals surface area contributed by atoms with Crippen molar-refractivity contribution in [2.75, 3.05) is 6.54 Å². The van der Waals surface area contributed by atoms with Crippen LogP contribution in [0.3, 0.4) is 0 Å². The van der Waals surface area contributed by atoms with Gasteiger partial charge in [-0.25, -0.2) is 0 Å². The lowest BCUT2D eigenvalue weighted by molar-refractivity contribution is 0.218. The molecule has 0 aromatic carbocycles. The molecule has 0 bridgehead atoms. The molecule has 0 spiro atoms. The summed E-state index contributed by atoms with van der Waals surface area (Å²) in [6, 6.07) is 0. The normalized spacial score (nSPS) is 20.0. The Labute approximate surface area is 82.3 Å². The molecule has 1 fully saturated rings. The van der Waals surface area contributed by atoms with E-state index in [0.29, 0.717) is 5.54 Å². The molecule has 0 heterocycles. The van der Waals surface area contributed by atoms with Crippen LogP contribution in [0.4, 0.5) is 0 Å². The SMILES string of the molecule is CC(C)(C)C#CCNC1(C)CCC1. The first-order valence-corrected chi connectivity index (χ1v) is 5.16. The summed E-state index contributed by atoms with van der Waals surface area (Å²) in [5.74, 6) is 6.42. The molecule has 1 aliphatic rings. The summed E-state index contributed by atoms with van der Waals surface area (Å²) in [6.45, 7) is 9.56. The highest BCUT2D eigenvalue weighted by molar-refractivity contribution is 5.09. The van der Waals surface area contributed by atoms with Crippen molar-refractivity contribution in [2.24, 2.45) is 5.41 Å². The van der Waals surface area contributed by atoms with Crippen LogP contribution in [0.15, 0.2) is 0 Å². The number of hydrogen-bond donors (Lipinski definition) is 1. The Bertz CT molecular complexity index is 220. The van der Waals surface area contributed by atoms with Crippen LogP contribution >= 0.6 is 0 Å². The molecule has 0 unspecified atom stereocenters. The van der Waals surface area contributed by atoms with Gasteiger partial charge in [0.15, 0.2) is 0 Å². The van der Waals surface area contributed by atoms with Crippen LogP contribution in [0.1, 0.15) is 47.0 Å². The Hall–Kier alpha value is -0.480. The average molecular weight is 179 g/mol. The minimum absolute atomic E-state index is 0.141. The molecule has 1 saturated carbocycles. The highest BCUT2D eigenvalue weighted by Crippen LogP contribution is 2.30. The van der Waals surface area contributed by atoms with Crippen molar-refractivity contribution in [3.05, 3.63) is 0 Å². The lowest BCUT2D eigenvalue weighted by atomic mass is 9.78. The summed E-state index contributed by atoms with van der Waals surface area (Å²) in [7, 11) is 0. The van der Waals surface area contributed by atoms with Gasteiger partial charge < -0.3 is 5.32 Å². The van der Waals surface area contributed by atoms with Gasteiger partial charge in [0.2, 0.25) is 0 Å². The van der Waals surface area contributed by atoms with E-state index in [1.807, 2.05) is 0 Å². The van der Waals surface area contributed by atoms with Gasteiger partial charge in [-0.2, -0.15) is 0 Å². The van der Waals surface area contributed by atoms with Gasteiger partial charge in [0.05, 0.1) is 6.54 Å². The maximum Gasteiger partial charge on any atom is 0.0580 e. The van der Waals surface area contributed by atoms with Crippen LogP contribution in [0.2, 0.25) is 0 Å². The molecule has 0 aromatic heterocycles. The Balaban J connectivity index is 2.22. The molecule has 0 aliphatic heterocycles. The van der Waals surface area contributed by atoms with Gasteiger partial charge in [-0.1, -0.05) is 11.8 Å². The van der Waals surface area contributed by atoms with Crippen LogP contribution in [-0.4, -0.2) is 12.1 Å². The van der Waals surface area contributed by atoms with Crippen LogP contribution in [-0.2, 0) is 0 Å². The first kappa shape index (κ1) is 10.6. The second-order valence-corrected chi connectivity index (χ2v) is 5.32. The van der Waals surface area contributed by atoms with E-state index < -0.39 is 0 Å². The van der Waals surface area contributed by atoms with E-state index >= 15 is 0 Å². The van der Waals surface area contributed by atoms with Crippen molar-refractivity contribution in [1.29, 1.82) is 0 Å². The molecule has 1 rings (SSSR count). The second-order valence-electron chi connectivity index (χ2n) is 5.32. The zero-order valence-electron chi connectivity index (χ0n) is 9.33.